The summed E-state index contributed by atoms with van der Waals surface area (Å²) in [5.74, 6) is 0. The molecule has 2 N–H and O–H groups in total. The molecule has 1 aliphatic heterocycles. The Morgan fingerprint density at radius 2 is 1.89 bits per heavy atom. The lowest BCUT2D eigenvalue weighted by molar-refractivity contribution is -0.893. The van der Waals surface area contributed by atoms with Crippen molar-refractivity contribution in [3.63, 3.8) is 0 Å². The Morgan fingerprint density at radius 1 is 1.26 bits per heavy atom. The molecule has 0 spiro atoms. The maximum absolute atomic E-state index is 5.86. The van der Waals surface area contributed by atoms with E-state index in [0.29, 0.717) is 0 Å². The fraction of sp³-hybridized carbons (Fsp3) is 0.600. The molecule has 0 saturated carbocycles. The maximum Gasteiger partial charge on any atom is 0.108 e. The van der Waals surface area contributed by atoms with Crippen molar-refractivity contribution >= 4 is 11.4 Å². The molecule has 0 aliphatic carbocycles. The van der Waals surface area contributed by atoms with Crippen LogP contribution in [0.5, 0.6) is 0 Å². The van der Waals surface area contributed by atoms with E-state index < -0.39 is 0 Å². The number of rotatable bonds is 2. The predicted octanol–water partition coefficient (Wildman–Crippen LogP) is -0.498. The summed E-state index contributed by atoms with van der Waals surface area (Å²) in [5, 5.41) is 0. The van der Waals surface area contributed by atoms with E-state index in [0.717, 1.165) is 29.3 Å². The second kappa shape index (κ2) is 6.49. The quantitative estimate of drug-likeness (QED) is 0.587. The summed E-state index contributed by atoms with van der Waals surface area (Å²) < 4.78 is 1.05. The van der Waals surface area contributed by atoms with Crippen molar-refractivity contribution < 1.29 is 16.9 Å². The fourth-order valence-corrected chi connectivity index (χ4v) is 2.47. The molecule has 0 amide bonds. The van der Waals surface area contributed by atoms with E-state index in [2.05, 4.69) is 45.1 Å². The van der Waals surface area contributed by atoms with Gasteiger partial charge in [-0.1, -0.05) is 7.43 Å². The first-order valence-corrected chi connectivity index (χ1v) is 6.30. The molecule has 1 aliphatic rings. The lowest BCUT2D eigenvalue weighted by Crippen LogP contribution is -3.00. The largest absolute Gasteiger partial charge is 1.00 e. The first-order chi connectivity index (χ1) is 7.88. The molecule has 0 aromatic heterocycles. The molecule has 3 nitrogen and oxygen atoms in total. The zero-order valence-corrected chi connectivity index (χ0v) is 12.5. The van der Waals surface area contributed by atoms with Crippen LogP contribution in [0.3, 0.4) is 0 Å². The molecule has 1 unspecified atom stereocenters. The molecular weight excluding hydrogens is 258 g/mol. The Balaban J connectivity index is 0.00000162. The third-order valence-electron chi connectivity index (χ3n) is 3.88. The smallest absolute Gasteiger partial charge is 0.108 e. The van der Waals surface area contributed by atoms with Crippen molar-refractivity contribution in [2.45, 2.75) is 26.8 Å². The number of likely N-dealkylation sites (N-methyl/N-ethyl adjacent to an activating group) is 1. The van der Waals surface area contributed by atoms with Gasteiger partial charge in [0.15, 0.2) is 0 Å². The minimum Gasteiger partial charge on any atom is -1.00 e. The highest BCUT2D eigenvalue weighted by atomic mass is 35.5. The number of quaternary nitrogens is 1. The Bertz CT molecular complexity index is 412. The molecule has 1 heterocycles. The molecule has 1 aromatic carbocycles. The minimum absolute atomic E-state index is 0. The number of hydrogen-bond donors (Lipinski definition) is 1. The summed E-state index contributed by atoms with van der Waals surface area (Å²) in [4.78, 5) is 2.47. The second-order valence-electron chi connectivity index (χ2n) is 6.05. The first-order valence-electron chi connectivity index (χ1n) is 6.30. The van der Waals surface area contributed by atoms with Gasteiger partial charge in [0, 0.05) is 24.3 Å². The van der Waals surface area contributed by atoms with Crippen LogP contribution in [0.4, 0.5) is 11.4 Å². The number of anilines is 2. The van der Waals surface area contributed by atoms with Crippen LogP contribution >= 0.6 is 0 Å². The molecule has 4 heteroatoms. The average molecular weight is 286 g/mol. The third kappa shape index (κ3) is 4.02. The van der Waals surface area contributed by atoms with E-state index >= 15 is 0 Å². The van der Waals surface area contributed by atoms with Gasteiger partial charge in [-0.2, -0.15) is 0 Å². The first kappa shape index (κ1) is 18.1. The number of benzene rings is 1. The topological polar surface area (TPSA) is 29.3 Å². The maximum atomic E-state index is 5.86. The number of nitrogen functional groups attached to an aromatic ring is 1. The van der Waals surface area contributed by atoms with Gasteiger partial charge in [0.25, 0.3) is 0 Å². The van der Waals surface area contributed by atoms with Crippen LogP contribution in [0.15, 0.2) is 18.2 Å². The molecule has 1 atom stereocenters. The summed E-state index contributed by atoms with van der Waals surface area (Å²) in [5.41, 5.74) is 9.24. The summed E-state index contributed by atoms with van der Waals surface area (Å²) in [7, 11) is 6.84. The molecule has 110 valence electrons. The second-order valence-corrected chi connectivity index (χ2v) is 6.05. The number of nitrogens with two attached hydrogens (primary N) is 1. The van der Waals surface area contributed by atoms with Crippen LogP contribution in [0, 0.1) is 6.92 Å². The lowest BCUT2D eigenvalue weighted by atomic mass is 10.1. The molecule has 1 saturated heterocycles. The predicted molar refractivity (Wildman–Crippen MR) is 81.0 cm³/mol. The molecule has 1 fully saturated rings. The van der Waals surface area contributed by atoms with Crippen molar-refractivity contribution in [1.82, 2.24) is 0 Å². The van der Waals surface area contributed by atoms with Crippen LogP contribution in [0.25, 0.3) is 0 Å². The minimum atomic E-state index is 0. The van der Waals surface area contributed by atoms with E-state index in [9.17, 15) is 0 Å². The van der Waals surface area contributed by atoms with Crippen molar-refractivity contribution in [2.24, 2.45) is 0 Å². The third-order valence-corrected chi connectivity index (χ3v) is 3.88. The van der Waals surface area contributed by atoms with Crippen molar-refractivity contribution in [3.8, 4) is 0 Å². The van der Waals surface area contributed by atoms with Crippen LogP contribution in [0.1, 0.15) is 19.4 Å². The zero-order valence-electron chi connectivity index (χ0n) is 11.8. The Hall–Kier alpha value is -0.930. The Morgan fingerprint density at radius 3 is 2.37 bits per heavy atom. The summed E-state index contributed by atoms with van der Waals surface area (Å²) in [6, 6.07) is 7.09. The van der Waals surface area contributed by atoms with Gasteiger partial charge in [-0.05, 0) is 30.7 Å². The van der Waals surface area contributed by atoms with Crippen molar-refractivity contribution in [2.75, 3.05) is 44.9 Å². The van der Waals surface area contributed by atoms with Gasteiger partial charge >= 0.3 is 0 Å². The normalized spacial score (nSPS) is 18.7. The molecule has 19 heavy (non-hydrogen) atoms. The van der Waals surface area contributed by atoms with Crippen LogP contribution in [-0.4, -0.2) is 44.8 Å². The lowest BCUT2D eigenvalue weighted by Gasteiger charge is -2.31. The number of hydrogen-bond acceptors (Lipinski definition) is 2. The SMILES string of the molecule is C.Cc1cc(N2CCC([N+](C)(C)C)C2)ccc1N.[Cl-]. The van der Waals surface area contributed by atoms with E-state index in [4.69, 9.17) is 5.73 Å². The summed E-state index contributed by atoms with van der Waals surface area (Å²) >= 11 is 0. The van der Waals surface area contributed by atoms with Crippen molar-refractivity contribution in [1.29, 1.82) is 0 Å². The highest BCUT2D eigenvalue weighted by Crippen LogP contribution is 2.26. The van der Waals surface area contributed by atoms with Crippen LogP contribution in [0.2, 0.25) is 0 Å². The van der Waals surface area contributed by atoms with Crippen molar-refractivity contribution in [3.05, 3.63) is 23.8 Å². The number of halogens is 1. The molecule has 0 radical (unpaired) electrons. The van der Waals surface area contributed by atoms with Gasteiger partial charge < -0.3 is 27.5 Å². The Labute approximate surface area is 124 Å². The van der Waals surface area contributed by atoms with Crippen LogP contribution in [-0.2, 0) is 0 Å². The van der Waals surface area contributed by atoms with Gasteiger partial charge in [-0.25, -0.2) is 0 Å². The number of aryl methyl sites for hydroxylation is 1. The van der Waals surface area contributed by atoms with E-state index in [-0.39, 0.29) is 19.8 Å². The molecule has 1 aromatic rings. The zero-order chi connectivity index (χ0) is 12.6. The van der Waals surface area contributed by atoms with E-state index in [1.807, 2.05) is 6.07 Å². The monoisotopic (exact) mass is 285 g/mol. The Kier molecular flexibility index (Phi) is 6.17. The molecular formula is C15H28ClN3. The average Bonchev–Trinajstić information content (AvgIpc) is 2.70. The van der Waals surface area contributed by atoms with E-state index in [1.54, 1.807) is 0 Å². The number of nitrogens with zero attached hydrogens (tertiary/aromatic N) is 2. The van der Waals surface area contributed by atoms with Gasteiger partial charge in [0.1, 0.15) is 6.04 Å². The van der Waals surface area contributed by atoms with Crippen LogP contribution < -0.4 is 23.0 Å². The van der Waals surface area contributed by atoms with Gasteiger partial charge in [0.05, 0.1) is 27.7 Å². The van der Waals surface area contributed by atoms with Gasteiger partial charge in [-0.3, -0.25) is 0 Å². The molecule has 0 bridgehead atoms. The van der Waals surface area contributed by atoms with Gasteiger partial charge in [0.2, 0.25) is 0 Å². The van der Waals surface area contributed by atoms with Gasteiger partial charge in [-0.15, -0.1) is 0 Å². The summed E-state index contributed by atoms with van der Waals surface area (Å²) in [6.45, 7) is 4.38. The standard InChI is InChI=1S/C14H24N3.CH4.ClH/c1-11-9-12(5-6-14(11)15)16-8-7-13(10-16)17(2,3)4;;/h5-6,9,13H,7-8,10,15H2,1-4H3;1H4;1H/q+1;;/p-1. The fourth-order valence-electron chi connectivity index (χ4n) is 2.47. The highest BCUT2D eigenvalue weighted by molar-refractivity contribution is 5.58. The summed E-state index contributed by atoms with van der Waals surface area (Å²) in [6.07, 6.45) is 1.27. The molecule has 2 rings (SSSR count). The van der Waals surface area contributed by atoms with E-state index in [1.165, 1.54) is 17.7 Å². The highest BCUT2D eigenvalue weighted by Gasteiger charge is 2.32.